The van der Waals surface area contributed by atoms with E-state index in [0.29, 0.717) is 16.8 Å². The molecule has 0 aliphatic heterocycles. The Balaban J connectivity index is 1.88. The number of carbonyl (C=O) groups is 1. The van der Waals surface area contributed by atoms with E-state index in [0.717, 1.165) is 23.5 Å². The second kappa shape index (κ2) is 5.99. The number of amides is 1. The number of nitrogens with zero attached hydrogens (tertiary/aromatic N) is 3. The molecule has 5 nitrogen and oxygen atoms in total. The summed E-state index contributed by atoms with van der Waals surface area (Å²) in [5.74, 6) is -2.24. The average molecular weight is 330 g/mol. The number of aromatic nitrogens is 3. The third-order valence-corrected chi connectivity index (χ3v) is 3.81. The molecule has 0 fully saturated rings. The maximum absolute atomic E-state index is 13.3. The Hall–Kier alpha value is -2.83. The Labute approximate surface area is 137 Å². The lowest BCUT2D eigenvalue weighted by molar-refractivity contribution is 0.0941. The molecule has 0 bridgehead atoms. The fourth-order valence-corrected chi connectivity index (χ4v) is 2.57. The molecule has 3 aromatic rings. The van der Waals surface area contributed by atoms with Crippen LogP contribution in [0.2, 0.25) is 0 Å². The average Bonchev–Trinajstić information content (AvgIpc) is 2.94. The van der Waals surface area contributed by atoms with Crippen molar-refractivity contribution in [3.63, 3.8) is 0 Å². The number of hydrogen-bond donors (Lipinski definition) is 1. The standard InChI is InChI=1S/C17H16F2N4O/c1-9-6-10(2)23-16(21-9)13(8-20-23)17(24)22-11(3)12-4-5-14(18)15(19)7-12/h4-8,11H,1-3H3,(H,22,24). The summed E-state index contributed by atoms with van der Waals surface area (Å²) in [7, 11) is 0. The number of nitrogens with one attached hydrogen (secondary N) is 1. The summed E-state index contributed by atoms with van der Waals surface area (Å²) < 4.78 is 27.9. The highest BCUT2D eigenvalue weighted by Gasteiger charge is 2.18. The van der Waals surface area contributed by atoms with Gasteiger partial charge in [-0.1, -0.05) is 6.07 Å². The summed E-state index contributed by atoms with van der Waals surface area (Å²) in [6.45, 7) is 5.41. The van der Waals surface area contributed by atoms with Crippen LogP contribution < -0.4 is 5.32 Å². The molecule has 0 spiro atoms. The zero-order valence-electron chi connectivity index (χ0n) is 13.5. The second-order valence-electron chi connectivity index (χ2n) is 5.70. The highest BCUT2D eigenvalue weighted by Crippen LogP contribution is 2.18. The minimum absolute atomic E-state index is 0.330. The largest absolute Gasteiger partial charge is 0.345 e. The fourth-order valence-electron chi connectivity index (χ4n) is 2.57. The highest BCUT2D eigenvalue weighted by molar-refractivity contribution is 5.99. The highest BCUT2D eigenvalue weighted by atomic mass is 19.2. The lowest BCUT2D eigenvalue weighted by atomic mass is 10.1. The zero-order valence-corrected chi connectivity index (χ0v) is 13.5. The summed E-state index contributed by atoms with van der Waals surface area (Å²) in [5, 5.41) is 6.92. The predicted molar refractivity (Wildman–Crippen MR) is 84.7 cm³/mol. The van der Waals surface area contributed by atoms with Crippen molar-refractivity contribution in [1.29, 1.82) is 0 Å². The van der Waals surface area contributed by atoms with Crippen LogP contribution in [0, 0.1) is 25.5 Å². The number of hydrogen-bond acceptors (Lipinski definition) is 3. The first-order chi connectivity index (χ1) is 11.4. The van der Waals surface area contributed by atoms with Crippen molar-refractivity contribution in [2.24, 2.45) is 0 Å². The Morgan fingerprint density at radius 2 is 1.96 bits per heavy atom. The monoisotopic (exact) mass is 330 g/mol. The van der Waals surface area contributed by atoms with Crippen LogP contribution in [0.4, 0.5) is 8.78 Å². The van der Waals surface area contributed by atoms with Gasteiger partial charge in [0.1, 0.15) is 5.56 Å². The van der Waals surface area contributed by atoms with Gasteiger partial charge in [0.15, 0.2) is 17.3 Å². The molecule has 1 aromatic carbocycles. The molecule has 1 atom stereocenters. The number of aryl methyl sites for hydroxylation is 2. The first-order valence-corrected chi connectivity index (χ1v) is 7.44. The Morgan fingerprint density at radius 1 is 1.21 bits per heavy atom. The van der Waals surface area contributed by atoms with Gasteiger partial charge in [-0.3, -0.25) is 4.79 Å². The van der Waals surface area contributed by atoms with Crippen LogP contribution in [0.3, 0.4) is 0 Å². The molecule has 0 saturated heterocycles. The van der Waals surface area contributed by atoms with Crippen LogP contribution in [-0.2, 0) is 0 Å². The molecule has 0 aliphatic carbocycles. The molecule has 0 aliphatic rings. The Kier molecular flexibility index (Phi) is 4.01. The van der Waals surface area contributed by atoms with E-state index in [1.807, 2.05) is 19.9 Å². The molecule has 7 heteroatoms. The molecular weight excluding hydrogens is 314 g/mol. The first kappa shape index (κ1) is 16.0. The van der Waals surface area contributed by atoms with Gasteiger partial charge in [0.25, 0.3) is 5.91 Å². The molecule has 1 N–H and O–H groups in total. The zero-order chi connectivity index (χ0) is 17.4. The van der Waals surface area contributed by atoms with Crippen molar-refractivity contribution in [1.82, 2.24) is 19.9 Å². The molecule has 24 heavy (non-hydrogen) atoms. The number of halogens is 2. The third kappa shape index (κ3) is 2.84. The van der Waals surface area contributed by atoms with Crippen molar-refractivity contribution in [2.75, 3.05) is 0 Å². The van der Waals surface area contributed by atoms with Crippen LogP contribution in [0.5, 0.6) is 0 Å². The van der Waals surface area contributed by atoms with E-state index in [-0.39, 0.29) is 5.91 Å². The van der Waals surface area contributed by atoms with Crippen molar-refractivity contribution >= 4 is 11.6 Å². The summed E-state index contributed by atoms with van der Waals surface area (Å²) in [5.41, 5.74) is 2.91. The molecule has 1 amide bonds. The Morgan fingerprint density at radius 3 is 2.67 bits per heavy atom. The van der Waals surface area contributed by atoms with Gasteiger partial charge >= 0.3 is 0 Å². The van der Waals surface area contributed by atoms with Crippen molar-refractivity contribution in [3.8, 4) is 0 Å². The van der Waals surface area contributed by atoms with E-state index in [4.69, 9.17) is 0 Å². The van der Waals surface area contributed by atoms with Gasteiger partial charge in [-0.25, -0.2) is 18.3 Å². The van der Waals surface area contributed by atoms with Gasteiger partial charge in [-0.2, -0.15) is 5.10 Å². The second-order valence-corrected chi connectivity index (χ2v) is 5.70. The molecule has 3 rings (SSSR count). The molecule has 124 valence electrons. The van der Waals surface area contributed by atoms with Crippen LogP contribution in [0.15, 0.2) is 30.5 Å². The van der Waals surface area contributed by atoms with Gasteiger partial charge < -0.3 is 5.32 Å². The summed E-state index contributed by atoms with van der Waals surface area (Å²) in [6, 6.07) is 4.92. The molecule has 2 heterocycles. The summed E-state index contributed by atoms with van der Waals surface area (Å²) in [4.78, 5) is 16.9. The number of carbonyl (C=O) groups excluding carboxylic acids is 1. The number of fused-ring (bicyclic) bond motifs is 1. The number of benzene rings is 1. The van der Waals surface area contributed by atoms with Gasteiger partial charge in [-0.05, 0) is 44.5 Å². The van der Waals surface area contributed by atoms with Crippen LogP contribution in [0.1, 0.15) is 40.3 Å². The molecule has 1 unspecified atom stereocenters. The predicted octanol–water partition coefficient (Wildman–Crippen LogP) is 3.12. The smallest absolute Gasteiger partial charge is 0.257 e. The topological polar surface area (TPSA) is 59.3 Å². The summed E-state index contributed by atoms with van der Waals surface area (Å²) in [6.07, 6.45) is 1.45. The molecule has 2 aromatic heterocycles. The van der Waals surface area contributed by atoms with E-state index in [2.05, 4.69) is 15.4 Å². The van der Waals surface area contributed by atoms with Gasteiger partial charge in [-0.15, -0.1) is 0 Å². The van der Waals surface area contributed by atoms with E-state index in [9.17, 15) is 13.6 Å². The quantitative estimate of drug-likeness (QED) is 0.803. The van der Waals surface area contributed by atoms with Crippen LogP contribution in [0.25, 0.3) is 5.65 Å². The fraction of sp³-hybridized carbons (Fsp3) is 0.235. The van der Waals surface area contributed by atoms with Gasteiger partial charge in [0.05, 0.1) is 12.2 Å². The third-order valence-electron chi connectivity index (χ3n) is 3.81. The van der Waals surface area contributed by atoms with Crippen molar-refractivity contribution < 1.29 is 13.6 Å². The summed E-state index contributed by atoms with van der Waals surface area (Å²) >= 11 is 0. The molecule has 0 saturated carbocycles. The van der Waals surface area contributed by atoms with Gasteiger partial charge in [0.2, 0.25) is 0 Å². The number of rotatable bonds is 3. The maximum Gasteiger partial charge on any atom is 0.257 e. The lowest BCUT2D eigenvalue weighted by Gasteiger charge is -2.14. The van der Waals surface area contributed by atoms with Crippen molar-refractivity contribution in [2.45, 2.75) is 26.8 Å². The normalized spacial score (nSPS) is 12.4. The van der Waals surface area contributed by atoms with Crippen molar-refractivity contribution in [3.05, 3.63) is 64.6 Å². The van der Waals surface area contributed by atoms with Crippen LogP contribution >= 0.6 is 0 Å². The van der Waals surface area contributed by atoms with Crippen LogP contribution in [-0.4, -0.2) is 20.5 Å². The minimum Gasteiger partial charge on any atom is -0.345 e. The minimum atomic E-state index is -0.947. The maximum atomic E-state index is 13.3. The first-order valence-electron chi connectivity index (χ1n) is 7.44. The Bertz CT molecular complexity index is 936. The van der Waals surface area contributed by atoms with E-state index in [1.54, 1.807) is 11.4 Å². The lowest BCUT2D eigenvalue weighted by Crippen LogP contribution is -2.26. The van der Waals surface area contributed by atoms with E-state index >= 15 is 0 Å². The molecule has 0 radical (unpaired) electrons. The SMILES string of the molecule is Cc1cc(C)n2ncc(C(=O)NC(C)c3ccc(F)c(F)c3)c2n1. The van der Waals surface area contributed by atoms with Gasteiger partial charge in [0, 0.05) is 11.4 Å². The van der Waals surface area contributed by atoms with E-state index < -0.39 is 17.7 Å². The molecular formula is C17H16F2N4O. The van der Waals surface area contributed by atoms with E-state index in [1.165, 1.54) is 12.3 Å².